The van der Waals surface area contributed by atoms with Crippen LogP contribution in [0.3, 0.4) is 0 Å². The molecule has 7 aromatic rings. The lowest BCUT2D eigenvalue weighted by Gasteiger charge is -2.30. The molecule has 0 N–H and O–H groups in total. The molecular weight excluding hydrogens is 645 g/mol. The van der Waals surface area contributed by atoms with Crippen LogP contribution in [0.25, 0.3) is 44.6 Å². The molecule has 3 aliphatic rings. The van der Waals surface area contributed by atoms with Gasteiger partial charge in [0.15, 0.2) is 11.6 Å². The first kappa shape index (κ1) is 31.6. The Kier molecular flexibility index (Phi) is 7.83. The molecule has 2 aromatic heterocycles. The van der Waals surface area contributed by atoms with E-state index in [-0.39, 0.29) is 29.7 Å². The monoisotopic (exact) mass is 684 g/mol. The minimum absolute atomic E-state index is 0.0524. The molecule has 0 spiro atoms. The van der Waals surface area contributed by atoms with Gasteiger partial charge in [0.2, 0.25) is 0 Å². The Morgan fingerprint density at radius 2 is 1.15 bits per heavy atom. The molecule has 0 saturated carbocycles. The summed E-state index contributed by atoms with van der Waals surface area (Å²) in [6.45, 7) is 2.43. The van der Waals surface area contributed by atoms with Gasteiger partial charge in [0.05, 0.1) is 11.6 Å². The van der Waals surface area contributed by atoms with Crippen LogP contribution in [0.5, 0.6) is 0 Å². The molecule has 4 nitrogen and oxygen atoms in total. The first-order valence-electron chi connectivity index (χ1n) is 18.9. The average Bonchev–Trinajstić information content (AvgIpc) is 3.50. The number of rotatable bonds is 5. The number of aromatic nitrogens is 4. The van der Waals surface area contributed by atoms with Gasteiger partial charge in [0.1, 0.15) is 5.82 Å². The predicted octanol–water partition coefficient (Wildman–Crippen LogP) is 11.9. The predicted molar refractivity (Wildman–Crippen MR) is 217 cm³/mol. The van der Waals surface area contributed by atoms with Crippen molar-refractivity contribution in [1.82, 2.24) is 19.5 Å². The molecule has 10 rings (SSSR count). The van der Waals surface area contributed by atoms with Crippen molar-refractivity contribution in [2.45, 2.75) is 43.1 Å². The summed E-state index contributed by atoms with van der Waals surface area (Å²) in [5.41, 5.74) is 8.74. The maximum atomic E-state index is 5.35. The molecule has 0 radical (unpaired) electrons. The summed E-state index contributed by atoms with van der Waals surface area (Å²) in [7, 11) is 0. The number of hydrogen-bond acceptors (Lipinski definition) is 3. The highest BCUT2D eigenvalue weighted by molar-refractivity contribution is 6.10. The smallest absolute Gasteiger partial charge is 0.163 e. The fraction of sp³-hybridized carbons (Fsp3) is 0.163. The van der Waals surface area contributed by atoms with E-state index in [4.69, 9.17) is 15.0 Å². The molecule has 5 aromatic carbocycles. The van der Waals surface area contributed by atoms with E-state index in [2.05, 4.69) is 175 Å². The Bertz CT molecular complexity index is 2520. The Morgan fingerprint density at radius 3 is 1.87 bits per heavy atom. The highest BCUT2D eigenvalue weighted by Crippen LogP contribution is 2.53. The van der Waals surface area contributed by atoms with Gasteiger partial charge in [-0.15, -0.1) is 0 Å². The minimum Gasteiger partial charge on any atom is -0.332 e. The summed E-state index contributed by atoms with van der Waals surface area (Å²) >= 11 is 0. The van der Waals surface area contributed by atoms with Crippen molar-refractivity contribution in [3.8, 4) is 22.8 Å². The zero-order valence-electron chi connectivity index (χ0n) is 29.7. The second-order valence-electron chi connectivity index (χ2n) is 14.7. The van der Waals surface area contributed by atoms with E-state index in [9.17, 15) is 0 Å². The zero-order valence-corrected chi connectivity index (χ0v) is 29.7. The standard InChI is InChI=1S/C49H40N4/c1-32-42(49-51-47(34-19-7-3-8-20-34)50-48(52-49)35-21-9-4-10-22-35)31-36-23-11-12-24-37(36)40-29-30-41-39-26-14-16-28-44(39)53(46(41)45(32)40)43-27-15-13-25-38(43)33-17-5-2-6-18-33/h2-30,32,36-38,42-43H,31H2,1H3. The summed E-state index contributed by atoms with van der Waals surface area (Å²) in [5, 5.41) is 2.60. The molecule has 3 aliphatic carbocycles. The molecule has 6 unspecified atom stereocenters. The first-order chi connectivity index (χ1) is 26.2. The van der Waals surface area contributed by atoms with Crippen molar-refractivity contribution >= 4 is 21.8 Å². The van der Waals surface area contributed by atoms with Gasteiger partial charge in [-0.3, -0.25) is 0 Å². The third-order valence-corrected chi connectivity index (χ3v) is 11.8. The normalized spacial score (nSPS) is 23.2. The molecule has 4 heteroatoms. The van der Waals surface area contributed by atoms with Gasteiger partial charge in [0.25, 0.3) is 0 Å². The summed E-state index contributed by atoms with van der Waals surface area (Å²) in [5.74, 6) is 3.25. The second-order valence-corrected chi connectivity index (χ2v) is 14.7. The number of benzene rings is 5. The van der Waals surface area contributed by atoms with Gasteiger partial charge in [-0.25, -0.2) is 15.0 Å². The van der Waals surface area contributed by atoms with E-state index < -0.39 is 0 Å². The third kappa shape index (κ3) is 5.40. The first-order valence-corrected chi connectivity index (χ1v) is 18.9. The second kappa shape index (κ2) is 13.1. The molecule has 0 saturated heterocycles. The quantitative estimate of drug-likeness (QED) is 0.181. The largest absolute Gasteiger partial charge is 0.332 e. The lowest BCUT2D eigenvalue weighted by Crippen LogP contribution is -2.19. The van der Waals surface area contributed by atoms with E-state index in [0.29, 0.717) is 5.92 Å². The topological polar surface area (TPSA) is 43.6 Å². The van der Waals surface area contributed by atoms with Gasteiger partial charge >= 0.3 is 0 Å². The number of nitrogens with zero attached hydrogens (tertiary/aromatic N) is 4. The van der Waals surface area contributed by atoms with Gasteiger partial charge < -0.3 is 4.57 Å². The maximum Gasteiger partial charge on any atom is 0.163 e. The number of allylic oxidation sites excluding steroid dienone is 8. The lowest BCUT2D eigenvalue weighted by molar-refractivity contribution is 0.441. The van der Waals surface area contributed by atoms with Crippen LogP contribution >= 0.6 is 0 Å². The summed E-state index contributed by atoms with van der Waals surface area (Å²) in [6.07, 6.45) is 19.4. The van der Waals surface area contributed by atoms with Crippen molar-refractivity contribution in [1.29, 1.82) is 0 Å². The average molecular weight is 685 g/mol. The Balaban J connectivity index is 1.23. The van der Waals surface area contributed by atoms with E-state index in [1.807, 2.05) is 12.1 Å². The van der Waals surface area contributed by atoms with Crippen LogP contribution in [-0.2, 0) is 0 Å². The van der Waals surface area contributed by atoms with Crippen LogP contribution < -0.4 is 0 Å². The van der Waals surface area contributed by atoms with Gasteiger partial charge in [-0.1, -0.05) is 177 Å². The highest BCUT2D eigenvalue weighted by atomic mass is 15.0. The number of para-hydroxylation sites is 1. The van der Waals surface area contributed by atoms with Crippen molar-refractivity contribution in [3.05, 3.63) is 199 Å². The van der Waals surface area contributed by atoms with Gasteiger partial charge in [-0.05, 0) is 41.0 Å². The third-order valence-electron chi connectivity index (χ3n) is 11.8. The van der Waals surface area contributed by atoms with Crippen molar-refractivity contribution < 1.29 is 0 Å². The lowest BCUT2D eigenvalue weighted by atomic mass is 9.80. The van der Waals surface area contributed by atoms with Crippen molar-refractivity contribution in [2.75, 3.05) is 0 Å². The highest BCUT2D eigenvalue weighted by Gasteiger charge is 2.39. The van der Waals surface area contributed by atoms with E-state index in [0.717, 1.165) is 35.0 Å². The van der Waals surface area contributed by atoms with Gasteiger partial charge in [0, 0.05) is 45.2 Å². The summed E-state index contributed by atoms with van der Waals surface area (Å²) in [4.78, 5) is 15.8. The molecule has 0 fully saturated rings. The Morgan fingerprint density at radius 1 is 0.547 bits per heavy atom. The van der Waals surface area contributed by atoms with E-state index in [1.165, 1.54) is 38.5 Å². The molecule has 0 aliphatic heterocycles. The maximum absolute atomic E-state index is 5.35. The summed E-state index contributed by atoms with van der Waals surface area (Å²) < 4.78 is 2.66. The van der Waals surface area contributed by atoms with E-state index in [1.54, 1.807) is 0 Å². The van der Waals surface area contributed by atoms with Crippen LogP contribution in [-0.4, -0.2) is 19.5 Å². The molecule has 0 amide bonds. The van der Waals surface area contributed by atoms with Crippen molar-refractivity contribution in [2.24, 2.45) is 5.92 Å². The van der Waals surface area contributed by atoms with Crippen molar-refractivity contribution in [3.63, 3.8) is 0 Å². The van der Waals surface area contributed by atoms with E-state index >= 15 is 0 Å². The Labute approximate surface area is 310 Å². The molecule has 53 heavy (non-hydrogen) atoms. The number of fused-ring (bicyclic) bond motifs is 7. The van der Waals surface area contributed by atoms with Gasteiger partial charge in [-0.2, -0.15) is 0 Å². The van der Waals surface area contributed by atoms with Crippen LogP contribution in [0.4, 0.5) is 0 Å². The molecular formula is C49H40N4. The molecule has 2 heterocycles. The Hall–Kier alpha value is -6.13. The minimum atomic E-state index is 0.0524. The number of hydrogen-bond donors (Lipinski definition) is 0. The SMILES string of the molecule is CC1c2c(ccc3c4ccccc4n(C4C=CC=CC4c4ccccc4)c23)C2C=CC=CC2CC1c1nc(-c2ccccc2)nc(-c2ccccc2)n1. The zero-order chi connectivity index (χ0) is 35.3. The molecule has 256 valence electrons. The fourth-order valence-electron chi connectivity index (χ4n) is 9.27. The molecule has 6 atom stereocenters. The van der Waals surface area contributed by atoms with Crippen LogP contribution in [0.15, 0.2) is 176 Å². The van der Waals surface area contributed by atoms with Crippen LogP contribution in [0.2, 0.25) is 0 Å². The van der Waals surface area contributed by atoms with Crippen LogP contribution in [0.1, 0.15) is 65.6 Å². The summed E-state index contributed by atoms with van der Waals surface area (Å²) in [6, 6.07) is 45.6. The molecule has 0 bridgehead atoms. The fourth-order valence-corrected chi connectivity index (χ4v) is 9.27. The van der Waals surface area contributed by atoms with Crippen LogP contribution in [0, 0.1) is 5.92 Å².